The number of hydrogen-bond acceptors (Lipinski definition) is 6. The lowest BCUT2D eigenvalue weighted by atomic mass is 9.99. The number of piperidine rings is 1. The van der Waals surface area contributed by atoms with E-state index in [0.29, 0.717) is 37.3 Å². The Morgan fingerprint density at radius 1 is 1.06 bits per heavy atom. The molecule has 0 saturated carbocycles. The minimum Gasteiger partial charge on any atom is -0.454 e. The molecule has 1 saturated heterocycles. The number of fused-ring (bicyclic) bond motifs is 1. The van der Waals surface area contributed by atoms with E-state index in [1.165, 1.54) is 4.31 Å². The van der Waals surface area contributed by atoms with E-state index in [1.807, 2.05) is 19.1 Å². The summed E-state index contributed by atoms with van der Waals surface area (Å²) in [6.07, 6.45) is 1.78. The molecule has 1 fully saturated rings. The first kappa shape index (κ1) is 23.1. The van der Waals surface area contributed by atoms with E-state index in [-0.39, 0.29) is 30.6 Å². The Kier molecular flexibility index (Phi) is 6.85. The van der Waals surface area contributed by atoms with E-state index in [2.05, 4.69) is 10.9 Å². The van der Waals surface area contributed by atoms with Gasteiger partial charge in [0.05, 0.1) is 10.8 Å². The third kappa shape index (κ3) is 5.45. The van der Waals surface area contributed by atoms with Gasteiger partial charge < -0.3 is 9.47 Å². The number of nitrogens with one attached hydrogen (secondary N) is 2. The Labute approximate surface area is 193 Å². The van der Waals surface area contributed by atoms with Gasteiger partial charge in [0, 0.05) is 19.5 Å². The number of benzene rings is 2. The molecule has 0 bridgehead atoms. The minimum absolute atomic E-state index is 0.0785. The summed E-state index contributed by atoms with van der Waals surface area (Å²) < 4.78 is 37.8. The molecule has 1 unspecified atom stereocenters. The van der Waals surface area contributed by atoms with Crippen LogP contribution >= 0.6 is 0 Å². The molecule has 9 nitrogen and oxygen atoms in total. The van der Waals surface area contributed by atoms with Crippen LogP contribution in [0.25, 0.3) is 0 Å². The van der Waals surface area contributed by atoms with Gasteiger partial charge in [-0.15, -0.1) is 0 Å². The van der Waals surface area contributed by atoms with Crippen LogP contribution in [-0.4, -0.2) is 44.4 Å². The summed E-state index contributed by atoms with van der Waals surface area (Å²) in [6, 6.07) is 12.2. The molecule has 33 heavy (non-hydrogen) atoms. The Bertz CT molecular complexity index is 1130. The van der Waals surface area contributed by atoms with Crippen LogP contribution in [0, 0.1) is 12.8 Å². The Balaban J connectivity index is 1.26. The maximum Gasteiger partial charge on any atom is 0.243 e. The van der Waals surface area contributed by atoms with Gasteiger partial charge in [-0.3, -0.25) is 20.4 Å². The molecule has 0 aromatic heterocycles. The maximum atomic E-state index is 12.9. The first-order valence-corrected chi connectivity index (χ1v) is 12.3. The van der Waals surface area contributed by atoms with Crippen molar-refractivity contribution in [3.63, 3.8) is 0 Å². The van der Waals surface area contributed by atoms with Crippen LogP contribution in [0.1, 0.15) is 30.4 Å². The quantitative estimate of drug-likeness (QED) is 0.620. The summed E-state index contributed by atoms with van der Waals surface area (Å²) in [4.78, 5) is 25.0. The fourth-order valence-corrected chi connectivity index (χ4v) is 5.41. The fourth-order valence-electron chi connectivity index (χ4n) is 3.88. The van der Waals surface area contributed by atoms with Crippen molar-refractivity contribution < 1.29 is 27.5 Å². The average molecular weight is 474 g/mol. The molecule has 2 amide bonds. The van der Waals surface area contributed by atoms with Gasteiger partial charge in [-0.05, 0) is 56.0 Å². The zero-order chi connectivity index (χ0) is 23.4. The van der Waals surface area contributed by atoms with Crippen LogP contribution in [-0.2, 0) is 26.0 Å². The van der Waals surface area contributed by atoms with Gasteiger partial charge in [0.15, 0.2) is 11.5 Å². The van der Waals surface area contributed by atoms with Crippen LogP contribution in [0.4, 0.5) is 0 Å². The van der Waals surface area contributed by atoms with Gasteiger partial charge in [0.1, 0.15) is 0 Å². The Morgan fingerprint density at radius 3 is 2.61 bits per heavy atom. The van der Waals surface area contributed by atoms with E-state index in [9.17, 15) is 18.0 Å². The maximum absolute atomic E-state index is 12.9. The zero-order valence-electron chi connectivity index (χ0n) is 18.4. The standard InChI is InChI=1S/C23H27N3O6S/c1-16-4-8-19(9-5-16)33(29,30)26-12-2-3-18(14-26)23(28)25-24-22(27)11-7-17-6-10-20-21(13-17)32-15-31-20/h4-6,8-10,13,18H,2-3,7,11-12,14-15H2,1H3,(H,24,27)(H,25,28). The van der Waals surface area contributed by atoms with E-state index in [1.54, 1.807) is 30.3 Å². The summed E-state index contributed by atoms with van der Waals surface area (Å²) in [7, 11) is -3.67. The van der Waals surface area contributed by atoms with Gasteiger partial charge >= 0.3 is 0 Å². The van der Waals surface area contributed by atoms with Gasteiger partial charge in [-0.2, -0.15) is 4.31 Å². The first-order valence-electron chi connectivity index (χ1n) is 10.9. The van der Waals surface area contributed by atoms with Crippen molar-refractivity contribution in [3.8, 4) is 11.5 Å². The molecular formula is C23H27N3O6S. The number of amides is 2. The molecule has 10 heteroatoms. The molecule has 1 atom stereocenters. The second kappa shape index (κ2) is 9.80. The van der Waals surface area contributed by atoms with Crippen molar-refractivity contribution >= 4 is 21.8 Å². The third-order valence-electron chi connectivity index (χ3n) is 5.82. The van der Waals surface area contributed by atoms with Gasteiger partial charge in [-0.1, -0.05) is 23.8 Å². The van der Waals surface area contributed by atoms with E-state index in [4.69, 9.17) is 9.47 Å². The highest BCUT2D eigenvalue weighted by Gasteiger charge is 2.33. The number of carbonyl (C=O) groups excluding carboxylic acids is 2. The minimum atomic E-state index is -3.67. The van der Waals surface area contributed by atoms with Crippen LogP contribution in [0.3, 0.4) is 0 Å². The van der Waals surface area contributed by atoms with Gasteiger partial charge in [0.25, 0.3) is 0 Å². The monoisotopic (exact) mass is 473 g/mol. The fraction of sp³-hybridized carbons (Fsp3) is 0.391. The largest absolute Gasteiger partial charge is 0.454 e. The summed E-state index contributed by atoms with van der Waals surface area (Å²) in [5, 5.41) is 0. The number of hydrogen-bond donors (Lipinski definition) is 2. The number of hydrazine groups is 1. The second-order valence-corrected chi connectivity index (χ2v) is 10.2. The number of rotatable bonds is 6. The predicted octanol–water partition coefficient (Wildman–Crippen LogP) is 1.90. The molecule has 2 heterocycles. The number of carbonyl (C=O) groups is 2. The van der Waals surface area contributed by atoms with E-state index in [0.717, 1.165) is 11.1 Å². The smallest absolute Gasteiger partial charge is 0.243 e. The second-order valence-electron chi connectivity index (χ2n) is 8.24. The first-order chi connectivity index (χ1) is 15.8. The molecule has 0 radical (unpaired) electrons. The van der Waals surface area contributed by atoms with Crippen molar-refractivity contribution in [2.24, 2.45) is 5.92 Å². The lowest BCUT2D eigenvalue weighted by Gasteiger charge is -2.31. The zero-order valence-corrected chi connectivity index (χ0v) is 19.2. The van der Waals surface area contributed by atoms with E-state index >= 15 is 0 Å². The summed E-state index contributed by atoms with van der Waals surface area (Å²) in [5.74, 6) is 0.0781. The Morgan fingerprint density at radius 2 is 1.82 bits per heavy atom. The lowest BCUT2D eigenvalue weighted by molar-refractivity contribution is -0.132. The van der Waals surface area contributed by atoms with Crippen LogP contribution in [0.15, 0.2) is 47.4 Å². The van der Waals surface area contributed by atoms with Gasteiger partial charge in [0.2, 0.25) is 28.6 Å². The molecule has 2 aliphatic heterocycles. The molecule has 2 aromatic rings. The van der Waals surface area contributed by atoms with Crippen molar-refractivity contribution in [2.75, 3.05) is 19.9 Å². The molecule has 0 aliphatic carbocycles. The number of sulfonamides is 1. The molecule has 2 N–H and O–H groups in total. The number of nitrogens with zero attached hydrogens (tertiary/aromatic N) is 1. The highest BCUT2D eigenvalue weighted by Crippen LogP contribution is 2.32. The van der Waals surface area contributed by atoms with Crippen LogP contribution < -0.4 is 20.3 Å². The summed E-state index contributed by atoms with van der Waals surface area (Å²) >= 11 is 0. The Hall–Kier alpha value is -3.11. The topological polar surface area (TPSA) is 114 Å². The molecular weight excluding hydrogens is 446 g/mol. The number of ether oxygens (including phenoxy) is 2. The molecule has 2 aliphatic rings. The summed E-state index contributed by atoms with van der Waals surface area (Å²) in [5.41, 5.74) is 6.77. The third-order valence-corrected chi connectivity index (χ3v) is 7.70. The molecule has 176 valence electrons. The molecule has 0 spiro atoms. The highest BCUT2D eigenvalue weighted by molar-refractivity contribution is 7.89. The van der Waals surface area contributed by atoms with Crippen LogP contribution in [0.5, 0.6) is 11.5 Å². The van der Waals surface area contributed by atoms with Gasteiger partial charge in [-0.25, -0.2) is 8.42 Å². The van der Waals surface area contributed by atoms with Crippen molar-refractivity contribution in [1.29, 1.82) is 0 Å². The van der Waals surface area contributed by atoms with Crippen molar-refractivity contribution in [2.45, 2.75) is 37.5 Å². The average Bonchev–Trinajstić information content (AvgIpc) is 3.29. The normalized spacial score (nSPS) is 18.0. The lowest BCUT2D eigenvalue weighted by Crippen LogP contribution is -2.50. The summed E-state index contributed by atoms with van der Waals surface area (Å²) in [6.45, 7) is 2.52. The predicted molar refractivity (Wildman–Crippen MR) is 120 cm³/mol. The molecule has 2 aromatic carbocycles. The molecule has 4 rings (SSSR count). The van der Waals surface area contributed by atoms with E-state index < -0.39 is 21.8 Å². The van der Waals surface area contributed by atoms with Crippen LogP contribution in [0.2, 0.25) is 0 Å². The highest BCUT2D eigenvalue weighted by atomic mass is 32.2. The SMILES string of the molecule is Cc1ccc(S(=O)(=O)N2CCCC(C(=O)NNC(=O)CCc3ccc4c(c3)OCO4)C2)cc1. The number of aryl methyl sites for hydroxylation is 2. The van der Waals surface area contributed by atoms with Crippen molar-refractivity contribution in [3.05, 3.63) is 53.6 Å². The van der Waals surface area contributed by atoms with Crippen molar-refractivity contribution in [1.82, 2.24) is 15.2 Å².